The summed E-state index contributed by atoms with van der Waals surface area (Å²) in [5.74, 6) is 0.611. The van der Waals surface area contributed by atoms with Gasteiger partial charge >= 0.3 is 0 Å². The molecule has 0 saturated carbocycles. The summed E-state index contributed by atoms with van der Waals surface area (Å²) in [7, 11) is 3.43. The van der Waals surface area contributed by atoms with Crippen molar-refractivity contribution in [3.8, 4) is 0 Å². The summed E-state index contributed by atoms with van der Waals surface area (Å²) < 4.78 is 0. The van der Waals surface area contributed by atoms with E-state index in [-0.39, 0.29) is 12.4 Å². The highest BCUT2D eigenvalue weighted by atomic mass is 35.5. The first-order valence-corrected chi connectivity index (χ1v) is 4.80. The molecule has 0 amide bonds. The van der Waals surface area contributed by atoms with E-state index in [9.17, 15) is 0 Å². The van der Waals surface area contributed by atoms with Crippen molar-refractivity contribution in [1.29, 1.82) is 0 Å². The molecule has 0 bridgehead atoms. The van der Waals surface area contributed by atoms with Crippen LogP contribution in [0.15, 0.2) is 23.2 Å². The fourth-order valence-electron chi connectivity index (χ4n) is 0.966. The van der Waals surface area contributed by atoms with Crippen molar-refractivity contribution in [2.75, 3.05) is 19.4 Å². The second-order valence-electron chi connectivity index (χ2n) is 2.54. The average molecular weight is 269 g/mol. The maximum Gasteiger partial charge on any atom is 0.195 e. The number of rotatable bonds is 1. The van der Waals surface area contributed by atoms with Crippen LogP contribution < -0.4 is 10.6 Å². The van der Waals surface area contributed by atoms with Crippen LogP contribution in [0.4, 0.5) is 5.69 Å². The summed E-state index contributed by atoms with van der Waals surface area (Å²) in [6.07, 6.45) is 0. The van der Waals surface area contributed by atoms with Crippen molar-refractivity contribution in [2.45, 2.75) is 0 Å². The van der Waals surface area contributed by atoms with Crippen molar-refractivity contribution in [2.24, 2.45) is 4.99 Å². The van der Waals surface area contributed by atoms with Crippen LogP contribution in [0.1, 0.15) is 0 Å². The Hall–Kier alpha value is -0.640. The summed E-state index contributed by atoms with van der Waals surface area (Å²) in [5.41, 5.74) is 0.658. The van der Waals surface area contributed by atoms with Crippen LogP contribution >= 0.6 is 35.6 Å². The minimum atomic E-state index is 0. The van der Waals surface area contributed by atoms with E-state index >= 15 is 0 Å². The number of benzene rings is 1. The Balaban J connectivity index is 0.00000196. The lowest BCUT2D eigenvalue weighted by Crippen LogP contribution is -2.27. The van der Waals surface area contributed by atoms with Crippen molar-refractivity contribution < 1.29 is 0 Å². The van der Waals surface area contributed by atoms with Crippen LogP contribution in [0.25, 0.3) is 0 Å². The van der Waals surface area contributed by atoms with Crippen LogP contribution in [-0.2, 0) is 0 Å². The third kappa shape index (κ3) is 3.78. The Morgan fingerprint density at radius 3 is 2.20 bits per heavy atom. The van der Waals surface area contributed by atoms with E-state index in [0.717, 1.165) is 0 Å². The van der Waals surface area contributed by atoms with Crippen molar-refractivity contribution in [1.82, 2.24) is 5.32 Å². The summed E-state index contributed by atoms with van der Waals surface area (Å²) >= 11 is 11.9. The molecule has 84 valence electrons. The molecule has 0 aliphatic rings. The first-order valence-electron chi connectivity index (χ1n) is 4.04. The van der Waals surface area contributed by atoms with Gasteiger partial charge in [0.05, 0.1) is 15.7 Å². The molecular formula is C9H12Cl3N3. The van der Waals surface area contributed by atoms with Crippen molar-refractivity contribution in [3.05, 3.63) is 28.2 Å². The second kappa shape index (κ2) is 6.77. The molecule has 0 aliphatic heterocycles. The van der Waals surface area contributed by atoms with Crippen LogP contribution in [0, 0.1) is 0 Å². The van der Waals surface area contributed by atoms with Gasteiger partial charge in [0.1, 0.15) is 0 Å². The molecule has 0 saturated heterocycles. The van der Waals surface area contributed by atoms with Gasteiger partial charge in [-0.05, 0) is 12.1 Å². The number of hydrogen-bond donors (Lipinski definition) is 2. The number of para-hydroxylation sites is 1. The van der Waals surface area contributed by atoms with Crippen molar-refractivity contribution >= 4 is 47.3 Å². The number of aliphatic imine (C=N–C) groups is 1. The van der Waals surface area contributed by atoms with E-state index in [1.807, 2.05) is 0 Å². The van der Waals surface area contributed by atoms with E-state index in [0.29, 0.717) is 21.7 Å². The predicted octanol–water partition coefficient (Wildman–Crippen LogP) is 3.03. The monoisotopic (exact) mass is 267 g/mol. The van der Waals surface area contributed by atoms with Gasteiger partial charge in [0.15, 0.2) is 5.96 Å². The fourth-order valence-corrected chi connectivity index (χ4v) is 1.46. The van der Waals surface area contributed by atoms with Crippen LogP contribution in [-0.4, -0.2) is 20.1 Å². The number of halogens is 3. The number of nitrogens with one attached hydrogen (secondary N) is 2. The van der Waals surface area contributed by atoms with Crippen molar-refractivity contribution in [3.63, 3.8) is 0 Å². The molecule has 15 heavy (non-hydrogen) atoms. The van der Waals surface area contributed by atoms with Gasteiger partial charge in [-0.1, -0.05) is 29.3 Å². The number of nitrogens with zero attached hydrogens (tertiary/aromatic N) is 1. The maximum absolute atomic E-state index is 5.96. The minimum Gasteiger partial charge on any atom is -0.359 e. The molecule has 1 aromatic rings. The predicted molar refractivity (Wildman–Crippen MR) is 69.8 cm³/mol. The van der Waals surface area contributed by atoms with Crippen LogP contribution in [0.2, 0.25) is 10.0 Å². The Morgan fingerprint density at radius 1 is 1.27 bits per heavy atom. The van der Waals surface area contributed by atoms with Gasteiger partial charge in [-0.15, -0.1) is 12.4 Å². The van der Waals surface area contributed by atoms with E-state index in [4.69, 9.17) is 23.2 Å². The summed E-state index contributed by atoms with van der Waals surface area (Å²) in [6, 6.07) is 5.31. The van der Waals surface area contributed by atoms with Gasteiger partial charge < -0.3 is 10.6 Å². The molecule has 0 aliphatic carbocycles. The molecule has 3 nitrogen and oxygen atoms in total. The van der Waals surface area contributed by atoms with E-state index in [1.54, 1.807) is 32.3 Å². The third-order valence-corrected chi connectivity index (χ3v) is 2.30. The van der Waals surface area contributed by atoms with Gasteiger partial charge in [0.2, 0.25) is 0 Å². The lowest BCUT2D eigenvalue weighted by Gasteiger charge is -2.11. The van der Waals surface area contributed by atoms with E-state index in [1.165, 1.54) is 0 Å². The Morgan fingerprint density at radius 2 is 1.80 bits per heavy atom. The molecule has 0 spiro atoms. The highest BCUT2D eigenvalue weighted by molar-refractivity contribution is 6.39. The molecule has 0 radical (unpaired) electrons. The zero-order valence-electron chi connectivity index (χ0n) is 8.34. The molecule has 0 fully saturated rings. The second-order valence-corrected chi connectivity index (χ2v) is 3.36. The van der Waals surface area contributed by atoms with E-state index < -0.39 is 0 Å². The third-order valence-electron chi connectivity index (χ3n) is 1.67. The lowest BCUT2D eigenvalue weighted by atomic mass is 10.3. The van der Waals surface area contributed by atoms with Gasteiger partial charge in [-0.2, -0.15) is 0 Å². The Labute approximate surface area is 105 Å². The molecule has 0 atom stereocenters. The molecule has 0 heterocycles. The normalized spacial score (nSPS) is 10.5. The van der Waals surface area contributed by atoms with Gasteiger partial charge in [0, 0.05) is 14.1 Å². The van der Waals surface area contributed by atoms with Gasteiger partial charge in [-0.25, -0.2) is 0 Å². The summed E-state index contributed by atoms with van der Waals surface area (Å²) in [6.45, 7) is 0. The molecule has 2 N–H and O–H groups in total. The Kier molecular flexibility index (Phi) is 6.48. The maximum atomic E-state index is 5.96. The van der Waals surface area contributed by atoms with E-state index in [2.05, 4.69) is 15.6 Å². The first-order chi connectivity index (χ1) is 6.69. The minimum absolute atomic E-state index is 0. The molecular weight excluding hydrogens is 256 g/mol. The van der Waals surface area contributed by atoms with Crippen LogP contribution in [0.3, 0.4) is 0 Å². The number of guanidine groups is 1. The summed E-state index contributed by atoms with van der Waals surface area (Å²) in [4.78, 5) is 3.96. The lowest BCUT2D eigenvalue weighted by molar-refractivity contribution is 1.14. The first kappa shape index (κ1) is 14.4. The standard InChI is InChI=1S/C9H11Cl2N3.ClH/c1-12-9(13-2)14-8-6(10)4-3-5-7(8)11;/h3-5H,1-2H3,(H2,12,13,14);1H. The number of anilines is 1. The zero-order chi connectivity index (χ0) is 10.6. The smallest absolute Gasteiger partial charge is 0.195 e. The summed E-state index contributed by atoms with van der Waals surface area (Å²) in [5, 5.41) is 6.99. The highest BCUT2D eigenvalue weighted by Crippen LogP contribution is 2.29. The molecule has 1 aromatic carbocycles. The molecule has 0 unspecified atom stereocenters. The average Bonchev–Trinajstić information content (AvgIpc) is 2.18. The van der Waals surface area contributed by atoms with Gasteiger partial charge in [0.25, 0.3) is 0 Å². The SMILES string of the molecule is CN=C(NC)Nc1c(Cl)cccc1Cl.Cl. The van der Waals surface area contributed by atoms with Crippen LogP contribution in [0.5, 0.6) is 0 Å². The largest absolute Gasteiger partial charge is 0.359 e. The quantitative estimate of drug-likeness (QED) is 0.607. The molecule has 0 aromatic heterocycles. The molecule has 1 rings (SSSR count). The molecule has 6 heteroatoms. The van der Waals surface area contributed by atoms with Gasteiger partial charge in [-0.3, -0.25) is 4.99 Å². The highest BCUT2D eigenvalue weighted by Gasteiger charge is 2.05. The Bertz CT molecular complexity index is 332. The topological polar surface area (TPSA) is 36.4 Å². The fraction of sp³-hybridized carbons (Fsp3) is 0.222. The zero-order valence-corrected chi connectivity index (χ0v) is 10.7. The number of hydrogen-bond acceptors (Lipinski definition) is 1.